The molecular weight excluding hydrogens is 1090 g/mol. The summed E-state index contributed by atoms with van der Waals surface area (Å²) in [4.78, 5) is 23.5. The molecule has 1 amide bonds. The molecule has 0 aliphatic rings. The van der Waals surface area contributed by atoms with Crippen molar-refractivity contribution in [2.75, 3.05) is 40.9 Å². The van der Waals surface area contributed by atoms with Crippen molar-refractivity contribution in [3.63, 3.8) is 0 Å². The van der Waals surface area contributed by atoms with E-state index in [1.165, 1.54) is 327 Å². The summed E-state index contributed by atoms with van der Waals surface area (Å²) in [6, 6.07) is -0.865. The minimum absolute atomic E-state index is 0.0577. The highest BCUT2D eigenvalue weighted by Crippen LogP contribution is 2.43. The highest BCUT2D eigenvalue weighted by Gasteiger charge is 2.28. The van der Waals surface area contributed by atoms with Crippen LogP contribution in [0.5, 0.6) is 0 Å². The van der Waals surface area contributed by atoms with Crippen LogP contribution in [0.1, 0.15) is 393 Å². The molecule has 3 atom stereocenters. The summed E-state index contributed by atoms with van der Waals surface area (Å²) in [6.45, 7) is 4.85. The first kappa shape index (κ1) is 85.5. The molecule has 9 heteroatoms. The number of aliphatic hydroxyl groups is 1. The van der Waals surface area contributed by atoms with E-state index in [9.17, 15) is 19.4 Å². The Morgan fingerprint density at radius 1 is 0.391 bits per heavy atom. The number of hydrogen-bond acceptors (Lipinski definition) is 5. The Kier molecular flexibility index (Phi) is 67.6. The molecule has 0 spiro atoms. The van der Waals surface area contributed by atoms with Gasteiger partial charge in [-0.25, -0.2) is 4.57 Å². The standard InChI is InChI=1S/C78H151N2O6P/c1-6-8-10-12-14-16-18-20-22-24-26-28-30-32-34-36-38-39-40-41-42-44-46-48-50-52-54-56-58-60-62-64-66-68-70-72-78(82)79-76(75-86-87(83,84)85-74-73-80(3,4)5)77(81)71-69-67-65-63-61-59-57-55-53-51-49-47-45-43-37-35-33-31-29-27-25-23-21-19-17-15-13-11-9-7-2/h18,20,24,26,61,63,69,71,76-77,81H,6-17,19,21-23,25,27-60,62,64-68,70,72-75H2,1-5H3,(H-,79,82,83,84)/p+1/b20-18-,26-24-,63-61+,71-69+. The summed E-state index contributed by atoms with van der Waals surface area (Å²) < 4.78 is 23.8. The van der Waals surface area contributed by atoms with Crippen molar-refractivity contribution in [3.8, 4) is 0 Å². The first-order chi connectivity index (χ1) is 42.5. The Morgan fingerprint density at radius 3 is 0.989 bits per heavy atom. The fourth-order valence-electron chi connectivity index (χ4n) is 11.8. The number of carbonyl (C=O) groups is 1. The Hall–Kier alpha value is -1.54. The van der Waals surface area contributed by atoms with E-state index in [1.54, 1.807) is 6.08 Å². The monoisotopic (exact) mass is 1240 g/mol. The van der Waals surface area contributed by atoms with Gasteiger partial charge in [-0.3, -0.25) is 13.8 Å². The van der Waals surface area contributed by atoms with Gasteiger partial charge in [0.15, 0.2) is 0 Å². The Bertz CT molecular complexity index is 1560. The van der Waals surface area contributed by atoms with E-state index in [0.29, 0.717) is 17.4 Å². The van der Waals surface area contributed by atoms with E-state index in [-0.39, 0.29) is 19.1 Å². The lowest BCUT2D eigenvalue weighted by Crippen LogP contribution is -2.45. The molecule has 0 aromatic rings. The maximum atomic E-state index is 13.1. The molecule has 0 radical (unpaired) electrons. The maximum absolute atomic E-state index is 13.1. The smallest absolute Gasteiger partial charge is 0.387 e. The van der Waals surface area contributed by atoms with Crippen molar-refractivity contribution >= 4 is 13.7 Å². The van der Waals surface area contributed by atoms with Crippen LogP contribution in [-0.4, -0.2) is 73.4 Å². The summed E-state index contributed by atoms with van der Waals surface area (Å²) in [5, 5.41) is 14.0. The molecule has 0 aliphatic carbocycles. The number of hydrogen-bond donors (Lipinski definition) is 3. The highest BCUT2D eigenvalue weighted by atomic mass is 31.2. The van der Waals surface area contributed by atoms with E-state index < -0.39 is 20.0 Å². The first-order valence-electron chi connectivity index (χ1n) is 38.5. The van der Waals surface area contributed by atoms with Gasteiger partial charge >= 0.3 is 7.82 Å². The molecule has 0 heterocycles. The van der Waals surface area contributed by atoms with E-state index in [1.807, 2.05) is 27.2 Å². The summed E-state index contributed by atoms with van der Waals surface area (Å²) in [6.07, 6.45) is 94.4. The third-order valence-corrected chi connectivity index (χ3v) is 18.8. The van der Waals surface area contributed by atoms with E-state index in [4.69, 9.17) is 9.05 Å². The Morgan fingerprint density at radius 2 is 0.667 bits per heavy atom. The second kappa shape index (κ2) is 68.8. The van der Waals surface area contributed by atoms with Crippen LogP contribution in [0.15, 0.2) is 48.6 Å². The zero-order valence-corrected chi connectivity index (χ0v) is 59.9. The van der Waals surface area contributed by atoms with Crippen LogP contribution in [0.4, 0.5) is 0 Å². The molecular formula is C78H152N2O6P+. The maximum Gasteiger partial charge on any atom is 0.472 e. The fraction of sp³-hybridized carbons (Fsp3) is 0.885. The Labute approximate surface area is 543 Å². The number of aliphatic hydroxyl groups excluding tert-OH is 1. The number of amides is 1. The molecule has 0 fully saturated rings. The molecule has 514 valence electrons. The normalized spacial score (nSPS) is 13.8. The minimum atomic E-state index is -4.36. The quantitative estimate of drug-likeness (QED) is 0.0243. The lowest BCUT2D eigenvalue weighted by molar-refractivity contribution is -0.870. The molecule has 0 aromatic carbocycles. The molecule has 87 heavy (non-hydrogen) atoms. The molecule has 0 aliphatic heterocycles. The molecule has 0 saturated carbocycles. The van der Waals surface area contributed by atoms with Gasteiger partial charge in [0.05, 0.1) is 39.9 Å². The fourth-order valence-corrected chi connectivity index (χ4v) is 12.5. The topological polar surface area (TPSA) is 105 Å². The van der Waals surface area contributed by atoms with Gasteiger partial charge in [-0.15, -0.1) is 0 Å². The zero-order chi connectivity index (χ0) is 63.4. The average molecular weight is 1250 g/mol. The zero-order valence-electron chi connectivity index (χ0n) is 59.0. The summed E-state index contributed by atoms with van der Waals surface area (Å²) in [5.74, 6) is -0.179. The second-order valence-electron chi connectivity index (χ2n) is 27.7. The highest BCUT2D eigenvalue weighted by molar-refractivity contribution is 7.47. The van der Waals surface area contributed by atoms with Crippen LogP contribution >= 0.6 is 7.82 Å². The molecule has 3 N–H and O–H groups in total. The molecule has 0 bridgehead atoms. The number of allylic oxidation sites excluding steroid dienone is 7. The van der Waals surface area contributed by atoms with E-state index in [2.05, 4.69) is 55.6 Å². The van der Waals surface area contributed by atoms with Gasteiger partial charge in [-0.05, 0) is 64.2 Å². The predicted molar refractivity (Wildman–Crippen MR) is 383 cm³/mol. The number of phosphoric acid groups is 1. The van der Waals surface area contributed by atoms with Crippen LogP contribution < -0.4 is 5.32 Å². The number of quaternary nitrogens is 1. The number of likely N-dealkylation sites (N-methyl/N-ethyl adjacent to an activating group) is 1. The van der Waals surface area contributed by atoms with Gasteiger partial charge < -0.3 is 19.8 Å². The third kappa shape index (κ3) is 71.8. The van der Waals surface area contributed by atoms with Gasteiger partial charge in [-0.2, -0.15) is 0 Å². The van der Waals surface area contributed by atoms with Crippen molar-refractivity contribution in [2.24, 2.45) is 0 Å². The lowest BCUT2D eigenvalue weighted by atomic mass is 10.0. The van der Waals surface area contributed by atoms with Crippen molar-refractivity contribution in [1.82, 2.24) is 5.32 Å². The number of phosphoric ester groups is 1. The van der Waals surface area contributed by atoms with E-state index >= 15 is 0 Å². The predicted octanol–water partition coefficient (Wildman–Crippen LogP) is 25.0. The van der Waals surface area contributed by atoms with Gasteiger partial charge in [0.2, 0.25) is 5.91 Å². The van der Waals surface area contributed by atoms with Crippen molar-refractivity contribution in [2.45, 2.75) is 405 Å². The van der Waals surface area contributed by atoms with E-state index in [0.717, 1.165) is 44.9 Å². The Balaban J connectivity index is 4.00. The number of rotatable bonds is 72. The SMILES string of the molecule is CCCCCCC/C=C\C/C=C\CCCCCCCCCCCCCCCCCCCCCCCCCC(=O)NC(COP(=O)(O)OCC[N+](C)(C)C)C(O)/C=C/CC/C=C/CCCCCCCCCCCCCCCCCCCCCCCCCC. The van der Waals surface area contributed by atoms with Crippen molar-refractivity contribution < 1.29 is 32.9 Å². The van der Waals surface area contributed by atoms with Gasteiger partial charge in [0, 0.05) is 6.42 Å². The summed E-state index contributed by atoms with van der Waals surface area (Å²) in [7, 11) is 1.57. The minimum Gasteiger partial charge on any atom is -0.387 e. The van der Waals surface area contributed by atoms with Gasteiger partial charge in [0.25, 0.3) is 0 Å². The van der Waals surface area contributed by atoms with Gasteiger partial charge in [0.1, 0.15) is 13.2 Å². The van der Waals surface area contributed by atoms with Crippen molar-refractivity contribution in [1.29, 1.82) is 0 Å². The largest absolute Gasteiger partial charge is 0.472 e. The van der Waals surface area contributed by atoms with Crippen LogP contribution in [0, 0.1) is 0 Å². The third-order valence-electron chi connectivity index (χ3n) is 17.8. The second-order valence-corrected chi connectivity index (χ2v) is 29.2. The lowest BCUT2D eigenvalue weighted by Gasteiger charge is -2.25. The number of nitrogens with one attached hydrogen (secondary N) is 1. The van der Waals surface area contributed by atoms with Gasteiger partial charge in [-0.1, -0.05) is 371 Å². The van der Waals surface area contributed by atoms with Crippen LogP contribution in [0.25, 0.3) is 0 Å². The molecule has 8 nitrogen and oxygen atoms in total. The van der Waals surface area contributed by atoms with Crippen LogP contribution in [0.2, 0.25) is 0 Å². The van der Waals surface area contributed by atoms with Crippen LogP contribution in [0.3, 0.4) is 0 Å². The number of carbonyl (C=O) groups excluding carboxylic acids is 1. The molecule has 0 saturated heterocycles. The van der Waals surface area contributed by atoms with Crippen molar-refractivity contribution in [3.05, 3.63) is 48.6 Å². The summed E-state index contributed by atoms with van der Waals surface area (Å²) >= 11 is 0. The molecule has 0 rings (SSSR count). The average Bonchev–Trinajstić information content (AvgIpc) is 3.70. The number of unbranched alkanes of at least 4 members (excludes halogenated alkanes) is 53. The van der Waals surface area contributed by atoms with Crippen LogP contribution in [-0.2, 0) is 18.4 Å². The first-order valence-corrected chi connectivity index (χ1v) is 40.0. The summed E-state index contributed by atoms with van der Waals surface area (Å²) in [5.41, 5.74) is 0. The molecule has 3 unspecified atom stereocenters. The molecule has 0 aromatic heterocycles. The number of nitrogens with zero attached hydrogens (tertiary/aromatic N) is 1.